The Morgan fingerprint density at radius 1 is 0.750 bits per heavy atom. The van der Waals surface area contributed by atoms with Crippen molar-refractivity contribution in [3.63, 3.8) is 0 Å². The number of rotatable bonds is 8. The van der Waals surface area contributed by atoms with E-state index in [0.29, 0.717) is 50.9 Å². The third kappa shape index (κ3) is 7.13. The van der Waals surface area contributed by atoms with Crippen LogP contribution in [-0.2, 0) is 13.1 Å². The molecule has 2 fully saturated rings. The molecule has 0 aliphatic carbocycles. The van der Waals surface area contributed by atoms with E-state index in [9.17, 15) is 4.79 Å². The van der Waals surface area contributed by atoms with Gasteiger partial charge in [-0.3, -0.25) is 0 Å². The molecule has 0 unspecified atom stereocenters. The maximum Gasteiger partial charge on any atom is 0.320 e. The number of likely N-dealkylation sites (tertiary alicyclic amines) is 2. The summed E-state index contributed by atoms with van der Waals surface area (Å²) in [6.45, 7) is 6.45. The Morgan fingerprint density at radius 3 is 1.42 bits per heavy atom. The number of carbonyl (C=O) groups excluding carboxylic acids is 1. The Kier molecular flexibility index (Phi) is 8.40. The SMILES string of the molecule is Cc1cnc(CNCC2(F)CCN(C(=O)N3CCC(F)(CNCc4ncc(C)cn4)CC3)CC2)nc1. The van der Waals surface area contributed by atoms with Crippen LogP contribution in [0.15, 0.2) is 24.8 Å². The lowest BCUT2D eigenvalue weighted by molar-refractivity contribution is 0.0396. The molecule has 2 aromatic heterocycles. The normalized spacial score (nSPS) is 19.3. The number of nitrogens with zero attached hydrogens (tertiary/aromatic N) is 6. The van der Waals surface area contributed by atoms with Gasteiger partial charge in [-0.2, -0.15) is 0 Å². The predicted octanol–water partition coefficient (Wildman–Crippen LogP) is 2.49. The van der Waals surface area contributed by atoms with Gasteiger partial charge in [-0.05, 0) is 25.0 Å². The Hall–Kier alpha value is -2.79. The van der Waals surface area contributed by atoms with Crippen LogP contribution >= 0.6 is 0 Å². The molecule has 0 atom stereocenters. The molecule has 36 heavy (non-hydrogen) atoms. The van der Waals surface area contributed by atoms with Gasteiger partial charge in [0.25, 0.3) is 0 Å². The summed E-state index contributed by atoms with van der Waals surface area (Å²) >= 11 is 0. The maximum atomic E-state index is 15.3. The van der Waals surface area contributed by atoms with E-state index in [0.717, 1.165) is 11.1 Å². The van der Waals surface area contributed by atoms with E-state index >= 15 is 8.78 Å². The van der Waals surface area contributed by atoms with Crippen molar-refractivity contribution in [1.82, 2.24) is 40.4 Å². The highest BCUT2D eigenvalue weighted by atomic mass is 19.1. The smallest absolute Gasteiger partial charge is 0.320 e. The summed E-state index contributed by atoms with van der Waals surface area (Å²) in [6.07, 6.45) is 8.04. The molecule has 196 valence electrons. The number of aryl methyl sites for hydroxylation is 2. The Balaban J connectivity index is 1.15. The minimum atomic E-state index is -1.37. The van der Waals surface area contributed by atoms with Crippen LogP contribution in [0.2, 0.25) is 0 Å². The highest BCUT2D eigenvalue weighted by molar-refractivity contribution is 5.74. The summed E-state index contributed by atoms with van der Waals surface area (Å²) in [6, 6.07) is -0.124. The third-order valence-corrected chi connectivity index (χ3v) is 6.98. The largest absolute Gasteiger partial charge is 0.324 e. The average molecular weight is 503 g/mol. The quantitative estimate of drug-likeness (QED) is 0.572. The van der Waals surface area contributed by atoms with Gasteiger partial charge in [-0.1, -0.05) is 0 Å². The minimum absolute atomic E-state index is 0.124. The molecule has 0 bridgehead atoms. The summed E-state index contributed by atoms with van der Waals surface area (Å²) in [7, 11) is 0. The summed E-state index contributed by atoms with van der Waals surface area (Å²) in [5, 5.41) is 6.22. The minimum Gasteiger partial charge on any atom is -0.324 e. The van der Waals surface area contributed by atoms with Crippen molar-refractivity contribution in [2.24, 2.45) is 0 Å². The van der Waals surface area contributed by atoms with Crippen LogP contribution in [0.25, 0.3) is 0 Å². The molecule has 9 nitrogen and oxygen atoms in total. The van der Waals surface area contributed by atoms with Gasteiger partial charge in [0.2, 0.25) is 0 Å². The Bertz CT molecular complexity index is 909. The fraction of sp³-hybridized carbons (Fsp3) is 0.640. The van der Waals surface area contributed by atoms with Gasteiger partial charge >= 0.3 is 6.03 Å². The summed E-state index contributed by atoms with van der Waals surface area (Å²) in [5.41, 5.74) is -0.781. The molecule has 0 saturated carbocycles. The number of piperidine rings is 2. The zero-order chi connectivity index (χ0) is 25.6. The van der Waals surface area contributed by atoms with Crippen molar-refractivity contribution in [1.29, 1.82) is 0 Å². The van der Waals surface area contributed by atoms with Gasteiger partial charge < -0.3 is 20.4 Å². The second-order valence-corrected chi connectivity index (χ2v) is 10.1. The molecule has 0 aromatic carbocycles. The molecular weight excluding hydrogens is 466 g/mol. The summed E-state index contributed by atoms with van der Waals surface area (Å²) < 4.78 is 30.5. The lowest BCUT2D eigenvalue weighted by atomic mass is 9.92. The van der Waals surface area contributed by atoms with Crippen LogP contribution in [0.3, 0.4) is 0 Å². The first-order valence-corrected chi connectivity index (χ1v) is 12.6. The van der Waals surface area contributed by atoms with E-state index in [1.165, 1.54) is 0 Å². The number of halogens is 2. The molecular formula is C25H36F2N8O. The van der Waals surface area contributed by atoms with Gasteiger partial charge in [-0.25, -0.2) is 33.5 Å². The molecule has 2 aliphatic heterocycles. The second kappa shape index (κ2) is 11.5. The number of hydrogen-bond donors (Lipinski definition) is 2. The van der Waals surface area contributed by atoms with Crippen LogP contribution in [0.1, 0.15) is 48.5 Å². The molecule has 4 rings (SSSR count). The topological polar surface area (TPSA) is 99.2 Å². The number of amides is 2. The third-order valence-electron chi connectivity index (χ3n) is 6.98. The van der Waals surface area contributed by atoms with Crippen LogP contribution in [-0.4, -0.2) is 86.4 Å². The van der Waals surface area contributed by atoms with E-state index in [-0.39, 0.29) is 44.8 Å². The van der Waals surface area contributed by atoms with Gasteiger partial charge in [0.1, 0.15) is 23.0 Å². The fourth-order valence-electron chi connectivity index (χ4n) is 4.57. The Labute approximate surface area is 211 Å². The zero-order valence-corrected chi connectivity index (χ0v) is 21.1. The first kappa shape index (κ1) is 26.3. The molecule has 2 saturated heterocycles. The molecule has 2 aromatic rings. The first-order chi connectivity index (χ1) is 17.2. The first-order valence-electron chi connectivity index (χ1n) is 12.6. The summed E-state index contributed by atoms with van der Waals surface area (Å²) in [5.74, 6) is 1.26. The van der Waals surface area contributed by atoms with Gasteiger partial charge in [-0.15, -0.1) is 0 Å². The zero-order valence-electron chi connectivity index (χ0n) is 21.1. The predicted molar refractivity (Wildman–Crippen MR) is 132 cm³/mol. The lowest BCUT2D eigenvalue weighted by Crippen LogP contribution is -2.55. The van der Waals surface area contributed by atoms with Crippen molar-refractivity contribution < 1.29 is 13.6 Å². The molecule has 11 heteroatoms. The van der Waals surface area contributed by atoms with Crippen molar-refractivity contribution in [3.8, 4) is 0 Å². The highest BCUT2D eigenvalue weighted by Gasteiger charge is 2.40. The number of hydrogen-bond acceptors (Lipinski definition) is 7. The molecule has 2 amide bonds. The van der Waals surface area contributed by atoms with Crippen molar-refractivity contribution in [3.05, 3.63) is 47.6 Å². The van der Waals surface area contributed by atoms with Gasteiger partial charge in [0.15, 0.2) is 0 Å². The van der Waals surface area contributed by atoms with Gasteiger partial charge in [0.05, 0.1) is 13.1 Å². The van der Waals surface area contributed by atoms with Crippen LogP contribution < -0.4 is 10.6 Å². The molecule has 2 aliphatic rings. The summed E-state index contributed by atoms with van der Waals surface area (Å²) in [4.78, 5) is 33.3. The van der Waals surface area contributed by atoms with Crippen LogP contribution in [0, 0.1) is 13.8 Å². The average Bonchev–Trinajstić information content (AvgIpc) is 2.87. The van der Waals surface area contributed by atoms with Gasteiger partial charge in [0, 0.05) is 89.7 Å². The van der Waals surface area contributed by atoms with E-state index < -0.39 is 11.3 Å². The van der Waals surface area contributed by atoms with E-state index in [1.807, 2.05) is 13.8 Å². The van der Waals surface area contributed by atoms with E-state index in [2.05, 4.69) is 30.6 Å². The maximum absolute atomic E-state index is 15.3. The standard InChI is InChI=1S/C25H36F2N8O/c1-19-11-30-21(31-12-19)15-28-17-24(26)3-7-34(8-4-24)23(36)35-9-5-25(27,6-10-35)18-29-16-22-32-13-20(2)14-33-22/h11-14,28-29H,3-10,15-18H2,1-2H3. The second-order valence-electron chi connectivity index (χ2n) is 10.1. The molecule has 4 heterocycles. The van der Waals surface area contributed by atoms with Crippen molar-refractivity contribution >= 4 is 6.03 Å². The molecule has 0 spiro atoms. The van der Waals surface area contributed by atoms with Crippen molar-refractivity contribution in [2.45, 2.75) is 64.0 Å². The number of nitrogens with one attached hydrogen (secondary N) is 2. The van der Waals surface area contributed by atoms with Crippen molar-refractivity contribution in [2.75, 3.05) is 39.3 Å². The monoisotopic (exact) mass is 502 g/mol. The van der Waals surface area contributed by atoms with E-state index in [4.69, 9.17) is 0 Å². The fourth-order valence-corrected chi connectivity index (χ4v) is 4.57. The van der Waals surface area contributed by atoms with Crippen LogP contribution in [0.5, 0.6) is 0 Å². The molecule has 2 N–H and O–H groups in total. The molecule has 0 radical (unpaired) electrons. The number of aromatic nitrogens is 4. The Morgan fingerprint density at radius 2 is 1.08 bits per heavy atom. The lowest BCUT2D eigenvalue weighted by Gasteiger charge is -2.42. The number of alkyl halides is 2. The number of carbonyl (C=O) groups is 1. The van der Waals surface area contributed by atoms with E-state index in [1.54, 1.807) is 34.6 Å². The highest BCUT2D eigenvalue weighted by Crippen LogP contribution is 2.29. The van der Waals surface area contributed by atoms with Crippen LogP contribution in [0.4, 0.5) is 13.6 Å². The number of urea groups is 1.